The SMILES string of the molecule is O=C(Nc1cccs1)Nc1ccccc1Cc1nc(-c2cccs2)no1. The van der Waals surface area contributed by atoms with Gasteiger partial charge in [0.1, 0.15) is 0 Å². The molecular formula is C18H14N4O2S2. The van der Waals surface area contributed by atoms with Gasteiger partial charge in [-0.25, -0.2) is 4.79 Å². The van der Waals surface area contributed by atoms with Crippen LogP contribution >= 0.6 is 22.7 Å². The minimum atomic E-state index is -0.287. The second-order valence-corrected chi connectivity index (χ2v) is 7.27. The van der Waals surface area contributed by atoms with Gasteiger partial charge in [-0.2, -0.15) is 4.98 Å². The minimum Gasteiger partial charge on any atom is -0.339 e. The summed E-state index contributed by atoms with van der Waals surface area (Å²) >= 11 is 3.03. The molecule has 4 rings (SSSR count). The van der Waals surface area contributed by atoms with Crippen molar-refractivity contribution in [3.8, 4) is 10.7 Å². The number of nitrogens with one attached hydrogen (secondary N) is 2. The van der Waals surface area contributed by atoms with Crippen LogP contribution in [0.5, 0.6) is 0 Å². The van der Waals surface area contributed by atoms with E-state index < -0.39 is 0 Å². The van der Waals surface area contributed by atoms with E-state index in [1.807, 2.05) is 59.3 Å². The summed E-state index contributed by atoms with van der Waals surface area (Å²) in [7, 11) is 0. The molecule has 0 radical (unpaired) electrons. The first-order valence-corrected chi connectivity index (χ1v) is 9.60. The highest BCUT2D eigenvalue weighted by Gasteiger charge is 2.13. The number of carbonyl (C=O) groups excluding carboxylic acids is 1. The molecule has 2 amide bonds. The van der Waals surface area contributed by atoms with Crippen molar-refractivity contribution < 1.29 is 9.32 Å². The third-order valence-corrected chi connectivity index (χ3v) is 5.23. The molecule has 0 atom stereocenters. The van der Waals surface area contributed by atoms with Crippen LogP contribution in [0, 0.1) is 0 Å². The maximum Gasteiger partial charge on any atom is 0.324 e. The Bertz CT molecular complexity index is 994. The van der Waals surface area contributed by atoms with E-state index in [1.54, 1.807) is 11.3 Å². The molecule has 3 heterocycles. The lowest BCUT2D eigenvalue weighted by atomic mass is 10.1. The highest BCUT2D eigenvalue weighted by molar-refractivity contribution is 7.14. The van der Waals surface area contributed by atoms with Crippen LogP contribution in [0.3, 0.4) is 0 Å². The fourth-order valence-electron chi connectivity index (χ4n) is 2.41. The number of carbonyl (C=O) groups is 1. The van der Waals surface area contributed by atoms with Crippen LogP contribution in [0.25, 0.3) is 10.7 Å². The van der Waals surface area contributed by atoms with Gasteiger partial charge in [0.05, 0.1) is 16.3 Å². The number of anilines is 2. The molecule has 0 aliphatic rings. The largest absolute Gasteiger partial charge is 0.339 e. The topological polar surface area (TPSA) is 80.0 Å². The Morgan fingerprint density at radius 2 is 1.85 bits per heavy atom. The van der Waals surface area contributed by atoms with Crippen molar-refractivity contribution in [3.63, 3.8) is 0 Å². The number of benzene rings is 1. The third-order valence-electron chi connectivity index (χ3n) is 3.57. The summed E-state index contributed by atoms with van der Waals surface area (Å²) in [5.41, 5.74) is 1.60. The molecule has 0 saturated heterocycles. The molecule has 6 nitrogen and oxygen atoms in total. The second kappa shape index (κ2) is 7.51. The summed E-state index contributed by atoms with van der Waals surface area (Å²) < 4.78 is 5.36. The van der Waals surface area contributed by atoms with Gasteiger partial charge in [-0.1, -0.05) is 29.4 Å². The van der Waals surface area contributed by atoms with Gasteiger partial charge in [0.15, 0.2) is 0 Å². The lowest BCUT2D eigenvalue weighted by molar-refractivity contribution is 0.262. The van der Waals surface area contributed by atoms with Gasteiger partial charge >= 0.3 is 6.03 Å². The number of urea groups is 1. The molecule has 0 fully saturated rings. The quantitative estimate of drug-likeness (QED) is 0.503. The zero-order valence-electron chi connectivity index (χ0n) is 13.5. The second-order valence-electron chi connectivity index (χ2n) is 5.38. The van der Waals surface area contributed by atoms with E-state index in [9.17, 15) is 4.79 Å². The highest BCUT2D eigenvalue weighted by atomic mass is 32.1. The first-order valence-electron chi connectivity index (χ1n) is 7.84. The third kappa shape index (κ3) is 3.81. The maximum absolute atomic E-state index is 12.2. The van der Waals surface area contributed by atoms with Crippen LogP contribution in [0.1, 0.15) is 11.5 Å². The van der Waals surface area contributed by atoms with Crippen LogP contribution < -0.4 is 10.6 Å². The van der Waals surface area contributed by atoms with Crippen LogP contribution in [-0.4, -0.2) is 16.2 Å². The van der Waals surface area contributed by atoms with Crippen LogP contribution in [0.2, 0.25) is 0 Å². The van der Waals surface area contributed by atoms with Crippen molar-refractivity contribution in [2.45, 2.75) is 6.42 Å². The van der Waals surface area contributed by atoms with Gasteiger partial charge in [0.2, 0.25) is 11.7 Å². The van der Waals surface area contributed by atoms with Gasteiger partial charge in [0, 0.05) is 5.69 Å². The van der Waals surface area contributed by atoms with E-state index in [0.717, 1.165) is 15.4 Å². The molecule has 3 aromatic heterocycles. The molecule has 0 bridgehead atoms. The summed E-state index contributed by atoms with van der Waals surface area (Å²) in [5.74, 6) is 1.08. The van der Waals surface area contributed by atoms with Crippen molar-refractivity contribution >= 4 is 39.4 Å². The molecule has 0 spiro atoms. The van der Waals surface area contributed by atoms with E-state index in [1.165, 1.54) is 11.3 Å². The normalized spacial score (nSPS) is 10.6. The summed E-state index contributed by atoms with van der Waals surface area (Å²) in [6.45, 7) is 0. The number of hydrogen-bond donors (Lipinski definition) is 2. The Kier molecular flexibility index (Phi) is 4.76. The highest BCUT2D eigenvalue weighted by Crippen LogP contribution is 2.24. The molecular weight excluding hydrogens is 368 g/mol. The van der Waals surface area contributed by atoms with Crippen LogP contribution in [-0.2, 0) is 6.42 Å². The van der Waals surface area contributed by atoms with Crippen molar-refractivity contribution in [3.05, 3.63) is 70.7 Å². The fourth-order valence-corrected chi connectivity index (χ4v) is 3.67. The summed E-state index contributed by atoms with van der Waals surface area (Å²) in [4.78, 5) is 17.6. The van der Waals surface area contributed by atoms with Gasteiger partial charge < -0.3 is 9.84 Å². The van der Waals surface area contributed by atoms with Crippen molar-refractivity contribution in [2.75, 3.05) is 10.6 Å². The monoisotopic (exact) mass is 382 g/mol. The van der Waals surface area contributed by atoms with Crippen molar-refractivity contribution in [2.24, 2.45) is 0 Å². The summed E-state index contributed by atoms with van der Waals surface area (Å²) in [6.07, 6.45) is 0.438. The molecule has 0 aliphatic heterocycles. The van der Waals surface area contributed by atoms with E-state index in [2.05, 4.69) is 20.8 Å². The van der Waals surface area contributed by atoms with Crippen molar-refractivity contribution in [1.29, 1.82) is 0 Å². The molecule has 26 heavy (non-hydrogen) atoms. The Balaban J connectivity index is 1.48. The first-order chi connectivity index (χ1) is 12.8. The standard InChI is InChI=1S/C18H14N4O2S2/c23-18(21-16-8-4-10-26-16)19-13-6-2-1-5-12(13)11-15-20-17(22-24-15)14-7-3-9-25-14/h1-10H,11H2,(H2,19,21,23). The van der Waals surface area contributed by atoms with Gasteiger partial charge in [-0.3, -0.25) is 5.32 Å². The number of amides is 2. The predicted octanol–water partition coefficient (Wildman–Crippen LogP) is 5.09. The number of nitrogens with zero attached hydrogens (tertiary/aromatic N) is 2. The molecule has 0 aliphatic carbocycles. The average Bonchev–Trinajstić information content (AvgIpc) is 3.38. The molecule has 0 unspecified atom stereocenters. The molecule has 0 saturated carbocycles. The molecule has 1 aromatic carbocycles. The average molecular weight is 382 g/mol. The molecule has 8 heteroatoms. The fraction of sp³-hybridized carbons (Fsp3) is 0.0556. The van der Waals surface area contributed by atoms with E-state index in [-0.39, 0.29) is 6.03 Å². The lowest BCUT2D eigenvalue weighted by Gasteiger charge is -2.10. The predicted molar refractivity (Wildman–Crippen MR) is 104 cm³/mol. The lowest BCUT2D eigenvalue weighted by Crippen LogP contribution is -2.19. The van der Waals surface area contributed by atoms with Crippen LogP contribution in [0.4, 0.5) is 15.5 Å². The maximum atomic E-state index is 12.2. The summed E-state index contributed by atoms with van der Waals surface area (Å²) in [5, 5.41) is 14.4. The summed E-state index contributed by atoms with van der Waals surface area (Å²) in [6, 6.07) is 14.9. The first kappa shape index (κ1) is 16.5. The van der Waals surface area contributed by atoms with Crippen molar-refractivity contribution in [1.82, 2.24) is 10.1 Å². The van der Waals surface area contributed by atoms with Gasteiger partial charge in [-0.15, -0.1) is 22.7 Å². The molecule has 2 N–H and O–H groups in total. The Hall–Kier alpha value is -2.97. The minimum absolute atomic E-state index is 0.287. The van der Waals surface area contributed by atoms with E-state index in [0.29, 0.717) is 23.8 Å². The number of rotatable bonds is 5. The van der Waals surface area contributed by atoms with Crippen LogP contribution in [0.15, 0.2) is 63.8 Å². The number of hydrogen-bond acceptors (Lipinski definition) is 6. The number of para-hydroxylation sites is 1. The number of aromatic nitrogens is 2. The van der Waals surface area contributed by atoms with Gasteiger partial charge in [-0.05, 0) is 40.6 Å². The van der Waals surface area contributed by atoms with E-state index in [4.69, 9.17) is 4.52 Å². The molecule has 130 valence electrons. The Labute approximate surface area is 157 Å². The Morgan fingerprint density at radius 1 is 1.00 bits per heavy atom. The number of thiophene rings is 2. The molecule has 4 aromatic rings. The van der Waals surface area contributed by atoms with E-state index >= 15 is 0 Å². The Morgan fingerprint density at radius 3 is 2.65 bits per heavy atom. The zero-order valence-corrected chi connectivity index (χ0v) is 15.1. The zero-order chi connectivity index (χ0) is 17.8. The van der Waals surface area contributed by atoms with Gasteiger partial charge in [0.25, 0.3) is 0 Å². The smallest absolute Gasteiger partial charge is 0.324 e.